The molecule has 23 heavy (non-hydrogen) atoms. The second-order valence-corrected chi connectivity index (χ2v) is 5.90. The van der Waals surface area contributed by atoms with E-state index in [1.807, 2.05) is 29.1 Å². The van der Waals surface area contributed by atoms with E-state index < -0.39 is 0 Å². The molecule has 1 heterocycles. The van der Waals surface area contributed by atoms with Crippen molar-refractivity contribution in [2.24, 2.45) is 5.92 Å². The summed E-state index contributed by atoms with van der Waals surface area (Å²) in [4.78, 5) is 11.9. The molecule has 5 heteroatoms. The molecule has 2 aromatic rings. The summed E-state index contributed by atoms with van der Waals surface area (Å²) < 4.78 is 1.82. The Labute approximate surface area is 136 Å². The van der Waals surface area contributed by atoms with Gasteiger partial charge in [0.2, 0.25) is 0 Å². The molecule has 2 amide bonds. The first-order chi connectivity index (χ1) is 11.3. The summed E-state index contributed by atoms with van der Waals surface area (Å²) in [6, 6.07) is 9.95. The maximum absolute atomic E-state index is 11.9. The van der Waals surface area contributed by atoms with Gasteiger partial charge in [-0.05, 0) is 30.7 Å². The van der Waals surface area contributed by atoms with E-state index in [9.17, 15) is 4.79 Å². The average Bonchev–Trinajstić information content (AvgIpc) is 3.02. The van der Waals surface area contributed by atoms with Crippen molar-refractivity contribution >= 4 is 11.7 Å². The molecule has 2 N–H and O–H groups in total. The van der Waals surface area contributed by atoms with Crippen molar-refractivity contribution in [3.8, 4) is 0 Å². The molecule has 0 spiro atoms. The van der Waals surface area contributed by atoms with Crippen molar-refractivity contribution in [3.05, 3.63) is 60.4 Å². The number of nitrogens with one attached hydrogen (secondary N) is 2. The fourth-order valence-corrected chi connectivity index (χ4v) is 2.74. The van der Waals surface area contributed by atoms with Gasteiger partial charge in [0.15, 0.2) is 0 Å². The van der Waals surface area contributed by atoms with E-state index in [1.54, 1.807) is 6.20 Å². The van der Waals surface area contributed by atoms with Gasteiger partial charge in [0.25, 0.3) is 0 Å². The van der Waals surface area contributed by atoms with Crippen LogP contribution < -0.4 is 10.6 Å². The topological polar surface area (TPSA) is 59.0 Å². The van der Waals surface area contributed by atoms with E-state index in [-0.39, 0.29) is 6.03 Å². The monoisotopic (exact) mass is 310 g/mol. The number of urea groups is 1. The molecule has 120 valence electrons. The normalized spacial score (nSPS) is 17.0. The minimum atomic E-state index is -0.168. The minimum Gasteiger partial charge on any atom is -0.338 e. The summed E-state index contributed by atoms with van der Waals surface area (Å²) in [5.41, 5.74) is 1.89. The largest absolute Gasteiger partial charge is 0.338 e. The van der Waals surface area contributed by atoms with E-state index in [2.05, 4.69) is 40.0 Å². The van der Waals surface area contributed by atoms with Crippen molar-refractivity contribution < 1.29 is 4.79 Å². The van der Waals surface area contributed by atoms with Crippen LogP contribution in [-0.4, -0.2) is 22.4 Å². The van der Waals surface area contributed by atoms with E-state index in [1.165, 1.54) is 5.56 Å². The van der Waals surface area contributed by atoms with Crippen LogP contribution in [0, 0.1) is 5.92 Å². The number of nitrogens with zero attached hydrogens (tertiary/aromatic N) is 2. The molecule has 0 aliphatic heterocycles. The number of carbonyl (C=O) groups excluding carboxylic acids is 1. The number of rotatable bonds is 5. The zero-order chi connectivity index (χ0) is 15.9. The number of aromatic nitrogens is 2. The highest BCUT2D eigenvalue weighted by molar-refractivity contribution is 5.88. The van der Waals surface area contributed by atoms with Crippen LogP contribution in [0.3, 0.4) is 0 Å². The molecule has 1 aromatic carbocycles. The van der Waals surface area contributed by atoms with Gasteiger partial charge in [-0.2, -0.15) is 5.10 Å². The van der Waals surface area contributed by atoms with Crippen LogP contribution in [0.25, 0.3) is 0 Å². The van der Waals surface area contributed by atoms with Crippen molar-refractivity contribution in [1.82, 2.24) is 15.1 Å². The number of hydrogen-bond acceptors (Lipinski definition) is 2. The summed E-state index contributed by atoms with van der Waals surface area (Å²) in [7, 11) is 0. The molecular formula is C18H22N4O. The van der Waals surface area contributed by atoms with Crippen molar-refractivity contribution in [2.75, 3.05) is 11.9 Å². The van der Waals surface area contributed by atoms with E-state index in [0.29, 0.717) is 24.7 Å². The maximum atomic E-state index is 11.9. The zero-order valence-corrected chi connectivity index (χ0v) is 13.1. The summed E-state index contributed by atoms with van der Waals surface area (Å²) in [5, 5.41) is 10.1. The molecule has 3 rings (SSSR count). The smallest absolute Gasteiger partial charge is 0.319 e. The highest BCUT2D eigenvalue weighted by Gasteiger charge is 2.11. The zero-order valence-electron chi connectivity index (χ0n) is 13.1. The van der Waals surface area contributed by atoms with Crippen LogP contribution in [0.4, 0.5) is 10.5 Å². The second-order valence-electron chi connectivity index (χ2n) is 5.90. The van der Waals surface area contributed by atoms with Gasteiger partial charge in [0.1, 0.15) is 0 Å². The van der Waals surface area contributed by atoms with Crippen molar-refractivity contribution in [2.45, 2.75) is 25.8 Å². The Morgan fingerprint density at radius 3 is 2.91 bits per heavy atom. The van der Waals surface area contributed by atoms with Gasteiger partial charge in [-0.3, -0.25) is 4.68 Å². The highest BCUT2D eigenvalue weighted by Crippen LogP contribution is 2.17. The lowest BCUT2D eigenvalue weighted by atomic mass is 9.94. The molecule has 0 saturated heterocycles. The Bertz CT molecular complexity index is 663. The Morgan fingerprint density at radius 2 is 2.13 bits per heavy atom. The third kappa shape index (κ3) is 4.71. The van der Waals surface area contributed by atoms with Gasteiger partial charge in [-0.15, -0.1) is 0 Å². The van der Waals surface area contributed by atoms with Crippen LogP contribution in [0.2, 0.25) is 0 Å². The van der Waals surface area contributed by atoms with Crippen molar-refractivity contribution in [3.63, 3.8) is 0 Å². The fourth-order valence-electron chi connectivity index (χ4n) is 2.74. The van der Waals surface area contributed by atoms with Gasteiger partial charge in [-0.25, -0.2) is 4.79 Å². The molecule has 5 nitrogen and oxygen atoms in total. The number of benzene rings is 1. The quantitative estimate of drug-likeness (QED) is 0.831. The molecule has 0 radical (unpaired) electrons. The SMILES string of the molecule is O=C(NCC1CC=CCC1)Nc1cnn(Cc2ccccc2)c1. The lowest BCUT2D eigenvalue weighted by molar-refractivity contribution is 0.249. The molecule has 0 fully saturated rings. The van der Waals surface area contributed by atoms with Gasteiger partial charge in [0.05, 0.1) is 18.4 Å². The lowest BCUT2D eigenvalue weighted by Crippen LogP contribution is -2.33. The first-order valence-corrected chi connectivity index (χ1v) is 8.06. The molecule has 0 bridgehead atoms. The molecular weight excluding hydrogens is 288 g/mol. The lowest BCUT2D eigenvalue weighted by Gasteiger charge is -2.18. The molecule has 1 aliphatic carbocycles. The predicted octanol–water partition coefficient (Wildman–Crippen LogP) is 3.41. The number of allylic oxidation sites excluding steroid dienone is 2. The Balaban J connectivity index is 1.46. The first-order valence-electron chi connectivity index (χ1n) is 8.06. The second kappa shape index (κ2) is 7.63. The third-order valence-corrected chi connectivity index (χ3v) is 4.01. The summed E-state index contributed by atoms with van der Waals surface area (Å²) in [6.07, 6.45) is 11.2. The third-order valence-electron chi connectivity index (χ3n) is 4.01. The standard InChI is InChI=1S/C18H22N4O/c23-18(19-11-15-7-3-1-4-8-15)21-17-12-20-22(14-17)13-16-9-5-2-6-10-16/h1-3,5-6,9-10,12,14-15H,4,7-8,11,13H2,(H2,19,21,23). The number of hydrogen-bond donors (Lipinski definition) is 2. The van der Waals surface area contributed by atoms with Gasteiger partial charge < -0.3 is 10.6 Å². The molecule has 1 aliphatic rings. The van der Waals surface area contributed by atoms with E-state index >= 15 is 0 Å². The average molecular weight is 310 g/mol. The Hall–Kier alpha value is -2.56. The van der Waals surface area contributed by atoms with Crippen LogP contribution in [0.15, 0.2) is 54.9 Å². The summed E-state index contributed by atoms with van der Waals surface area (Å²) in [5.74, 6) is 0.548. The molecule has 1 unspecified atom stereocenters. The van der Waals surface area contributed by atoms with Crippen LogP contribution in [-0.2, 0) is 6.54 Å². The Kier molecular flexibility index (Phi) is 5.09. The molecule has 0 saturated carbocycles. The van der Waals surface area contributed by atoms with Gasteiger partial charge in [0, 0.05) is 12.7 Å². The van der Waals surface area contributed by atoms with Crippen LogP contribution in [0.5, 0.6) is 0 Å². The Morgan fingerprint density at radius 1 is 1.26 bits per heavy atom. The van der Waals surface area contributed by atoms with Crippen LogP contribution in [0.1, 0.15) is 24.8 Å². The van der Waals surface area contributed by atoms with Gasteiger partial charge in [-0.1, -0.05) is 42.5 Å². The number of anilines is 1. The molecule has 1 atom stereocenters. The number of amides is 2. The first kappa shape index (κ1) is 15.3. The van der Waals surface area contributed by atoms with E-state index in [4.69, 9.17) is 0 Å². The van der Waals surface area contributed by atoms with Crippen LogP contribution >= 0.6 is 0 Å². The summed E-state index contributed by atoms with van der Waals surface area (Å²) >= 11 is 0. The maximum Gasteiger partial charge on any atom is 0.319 e. The summed E-state index contributed by atoms with van der Waals surface area (Å²) in [6.45, 7) is 1.41. The fraction of sp³-hybridized carbons (Fsp3) is 0.333. The number of carbonyl (C=O) groups is 1. The molecule has 1 aromatic heterocycles. The van der Waals surface area contributed by atoms with Gasteiger partial charge >= 0.3 is 6.03 Å². The predicted molar refractivity (Wildman–Crippen MR) is 91.3 cm³/mol. The minimum absolute atomic E-state index is 0.168. The van der Waals surface area contributed by atoms with E-state index in [0.717, 1.165) is 19.3 Å². The highest BCUT2D eigenvalue weighted by atomic mass is 16.2. The van der Waals surface area contributed by atoms with Crippen molar-refractivity contribution in [1.29, 1.82) is 0 Å².